The van der Waals surface area contributed by atoms with Gasteiger partial charge in [-0.25, -0.2) is 0 Å². The Morgan fingerprint density at radius 3 is 3.08 bits per heavy atom. The van der Waals surface area contributed by atoms with Crippen LogP contribution in [0.5, 0.6) is 0 Å². The molecule has 0 radical (unpaired) electrons. The van der Waals surface area contributed by atoms with Crippen LogP contribution in [0.1, 0.15) is 20.3 Å². The van der Waals surface area contributed by atoms with Crippen molar-refractivity contribution in [1.82, 2.24) is 0 Å². The molecule has 2 nitrogen and oxygen atoms in total. The maximum atomic E-state index is 9.73. The Labute approximate surface area is 73.2 Å². The van der Waals surface area contributed by atoms with E-state index in [1.807, 2.05) is 13.0 Å². The summed E-state index contributed by atoms with van der Waals surface area (Å²) in [4.78, 5) is 0. The van der Waals surface area contributed by atoms with E-state index >= 15 is 0 Å². The topological polar surface area (TPSA) is 29.5 Å². The quantitative estimate of drug-likeness (QED) is 0.553. The Balaban J connectivity index is 2.22. The summed E-state index contributed by atoms with van der Waals surface area (Å²) in [5.74, 6) is 0.924. The van der Waals surface area contributed by atoms with Crippen LogP contribution in [0.25, 0.3) is 0 Å². The maximum Gasteiger partial charge on any atom is 0.0787 e. The highest BCUT2D eigenvalue weighted by atomic mass is 16.5. The highest BCUT2D eigenvalue weighted by molar-refractivity contribution is 5.15. The first kappa shape index (κ1) is 8.27. The number of hydrogen-bond acceptors (Lipinski definition) is 2. The molecule has 1 saturated heterocycles. The number of fused-ring (bicyclic) bond motifs is 2. The van der Waals surface area contributed by atoms with Gasteiger partial charge in [-0.05, 0) is 30.8 Å². The summed E-state index contributed by atoms with van der Waals surface area (Å²) in [7, 11) is 0. The fourth-order valence-electron chi connectivity index (χ4n) is 2.23. The van der Waals surface area contributed by atoms with Gasteiger partial charge in [0.1, 0.15) is 0 Å². The third-order valence-electron chi connectivity index (χ3n) is 3.16. The molecule has 2 heteroatoms. The molecule has 12 heavy (non-hydrogen) atoms. The Bertz CT molecular complexity index is 210. The molecule has 0 saturated carbocycles. The predicted molar refractivity (Wildman–Crippen MR) is 46.8 cm³/mol. The van der Waals surface area contributed by atoms with Gasteiger partial charge in [-0.1, -0.05) is 13.0 Å². The van der Waals surface area contributed by atoms with Crippen LogP contribution in [0.3, 0.4) is 0 Å². The molecule has 0 amide bonds. The molecule has 2 rings (SSSR count). The molecule has 1 aliphatic heterocycles. The number of rotatable bonds is 0. The summed E-state index contributed by atoms with van der Waals surface area (Å²) in [5.41, 5.74) is 1.20. The first-order chi connectivity index (χ1) is 5.68. The summed E-state index contributed by atoms with van der Waals surface area (Å²) < 4.78 is 5.64. The van der Waals surface area contributed by atoms with Crippen LogP contribution in [0, 0.1) is 11.8 Å². The third-order valence-corrected chi connectivity index (χ3v) is 3.16. The minimum Gasteiger partial charge on any atom is -0.389 e. The average molecular weight is 168 g/mol. The largest absolute Gasteiger partial charge is 0.389 e. The van der Waals surface area contributed by atoms with Crippen molar-refractivity contribution in [1.29, 1.82) is 0 Å². The zero-order valence-corrected chi connectivity index (χ0v) is 7.66. The van der Waals surface area contributed by atoms with Crippen molar-refractivity contribution in [3.8, 4) is 0 Å². The first-order valence-corrected chi connectivity index (χ1v) is 4.66. The monoisotopic (exact) mass is 168 g/mol. The predicted octanol–water partition coefficient (Wildman–Crippen LogP) is 1.35. The van der Waals surface area contributed by atoms with Crippen molar-refractivity contribution in [2.24, 2.45) is 11.8 Å². The Morgan fingerprint density at radius 2 is 2.33 bits per heavy atom. The van der Waals surface area contributed by atoms with Gasteiger partial charge >= 0.3 is 0 Å². The number of hydrogen-bond donors (Lipinski definition) is 1. The smallest absolute Gasteiger partial charge is 0.0787 e. The molecule has 0 spiro atoms. The second kappa shape index (κ2) is 2.86. The summed E-state index contributed by atoms with van der Waals surface area (Å²) in [6, 6.07) is 0. The maximum absolute atomic E-state index is 9.73. The van der Waals surface area contributed by atoms with Crippen molar-refractivity contribution in [2.75, 3.05) is 6.61 Å². The molecule has 0 aromatic rings. The fourth-order valence-corrected chi connectivity index (χ4v) is 2.23. The Morgan fingerprint density at radius 1 is 1.58 bits per heavy atom. The SMILES string of the molecule is CC1=CC(O)[C@@H]2C[C@@H]1OC[C@H]2C. The zero-order valence-electron chi connectivity index (χ0n) is 7.66. The van der Waals surface area contributed by atoms with Crippen molar-refractivity contribution in [3.05, 3.63) is 11.6 Å². The summed E-state index contributed by atoms with van der Waals surface area (Å²) in [5, 5.41) is 9.73. The molecule has 2 bridgehead atoms. The zero-order chi connectivity index (χ0) is 8.72. The van der Waals surface area contributed by atoms with E-state index in [0.29, 0.717) is 11.8 Å². The van der Waals surface area contributed by atoms with Gasteiger partial charge in [0.15, 0.2) is 0 Å². The van der Waals surface area contributed by atoms with Crippen LogP contribution in [-0.4, -0.2) is 23.9 Å². The lowest BCUT2D eigenvalue weighted by molar-refractivity contribution is -0.0622. The van der Waals surface area contributed by atoms with E-state index in [0.717, 1.165) is 13.0 Å². The van der Waals surface area contributed by atoms with E-state index in [1.54, 1.807) is 0 Å². The third kappa shape index (κ3) is 1.19. The summed E-state index contributed by atoms with van der Waals surface area (Å²) >= 11 is 0. The Kier molecular flexibility index (Phi) is 1.97. The minimum absolute atomic E-state index is 0.236. The molecule has 0 aromatic carbocycles. The molecule has 4 atom stereocenters. The average Bonchev–Trinajstić information content (AvgIpc) is 2.03. The van der Waals surface area contributed by atoms with Crippen molar-refractivity contribution in [2.45, 2.75) is 32.5 Å². The van der Waals surface area contributed by atoms with E-state index in [4.69, 9.17) is 4.74 Å². The number of aliphatic hydroxyl groups excluding tert-OH is 1. The Hall–Kier alpha value is -0.340. The summed E-state index contributed by atoms with van der Waals surface area (Å²) in [6.07, 6.45) is 3.01. The molecule has 1 N–H and O–H groups in total. The van der Waals surface area contributed by atoms with Crippen LogP contribution in [0.4, 0.5) is 0 Å². The second-order valence-corrected chi connectivity index (χ2v) is 4.10. The van der Waals surface area contributed by atoms with E-state index < -0.39 is 0 Å². The normalized spacial score (nSPS) is 47.1. The molecule has 1 fully saturated rings. The highest BCUT2D eigenvalue weighted by Crippen LogP contribution is 2.35. The fraction of sp³-hybridized carbons (Fsp3) is 0.800. The molecular weight excluding hydrogens is 152 g/mol. The molecule has 1 unspecified atom stereocenters. The van der Waals surface area contributed by atoms with Gasteiger partial charge < -0.3 is 9.84 Å². The molecule has 1 aliphatic carbocycles. The minimum atomic E-state index is -0.236. The van der Waals surface area contributed by atoms with Gasteiger partial charge in [0.25, 0.3) is 0 Å². The van der Waals surface area contributed by atoms with E-state index in [-0.39, 0.29) is 12.2 Å². The standard InChI is InChI=1S/C10H16O2/c1-6-3-9(11)8-4-10(6)12-5-7(8)2/h3,7-11H,4-5H2,1-2H3/t7-,8-,9?,10+/m1/s1. The van der Waals surface area contributed by atoms with Gasteiger partial charge in [0, 0.05) is 0 Å². The molecule has 2 aliphatic rings. The number of aliphatic hydroxyl groups is 1. The van der Waals surface area contributed by atoms with Gasteiger partial charge in [-0.3, -0.25) is 0 Å². The van der Waals surface area contributed by atoms with E-state index in [9.17, 15) is 5.11 Å². The van der Waals surface area contributed by atoms with E-state index in [2.05, 4.69) is 6.92 Å². The lowest BCUT2D eigenvalue weighted by Crippen LogP contribution is -2.42. The van der Waals surface area contributed by atoms with Crippen LogP contribution in [0.2, 0.25) is 0 Å². The van der Waals surface area contributed by atoms with Crippen LogP contribution < -0.4 is 0 Å². The van der Waals surface area contributed by atoms with Crippen LogP contribution in [-0.2, 0) is 4.74 Å². The molecule has 68 valence electrons. The highest BCUT2D eigenvalue weighted by Gasteiger charge is 2.36. The van der Waals surface area contributed by atoms with Crippen LogP contribution in [0.15, 0.2) is 11.6 Å². The lowest BCUT2D eigenvalue weighted by Gasteiger charge is -2.40. The molecule has 0 aromatic heterocycles. The first-order valence-electron chi connectivity index (χ1n) is 4.66. The molecular formula is C10H16O2. The summed E-state index contributed by atoms with van der Waals surface area (Å²) in [6.45, 7) is 5.00. The van der Waals surface area contributed by atoms with Crippen molar-refractivity contribution >= 4 is 0 Å². The van der Waals surface area contributed by atoms with E-state index in [1.165, 1.54) is 5.57 Å². The van der Waals surface area contributed by atoms with Gasteiger partial charge in [-0.2, -0.15) is 0 Å². The van der Waals surface area contributed by atoms with Gasteiger partial charge in [0.05, 0.1) is 18.8 Å². The van der Waals surface area contributed by atoms with Crippen molar-refractivity contribution < 1.29 is 9.84 Å². The lowest BCUT2D eigenvalue weighted by atomic mass is 9.77. The van der Waals surface area contributed by atoms with Crippen LogP contribution >= 0.6 is 0 Å². The molecule has 1 heterocycles. The van der Waals surface area contributed by atoms with Gasteiger partial charge in [-0.15, -0.1) is 0 Å². The second-order valence-electron chi connectivity index (χ2n) is 4.10. The van der Waals surface area contributed by atoms with Crippen molar-refractivity contribution in [3.63, 3.8) is 0 Å². The number of ether oxygens (including phenoxy) is 1. The van der Waals surface area contributed by atoms with Gasteiger partial charge in [0.2, 0.25) is 0 Å².